The third-order valence-electron chi connectivity index (χ3n) is 3.88. The average molecular weight is 421 g/mol. The van der Waals surface area contributed by atoms with E-state index >= 15 is 0 Å². The molecule has 0 fully saturated rings. The lowest BCUT2D eigenvalue weighted by atomic mass is 10.1. The highest BCUT2D eigenvalue weighted by molar-refractivity contribution is 6.10. The molecular weight excluding hydrogens is 407 g/mol. The number of benzene rings is 2. The van der Waals surface area contributed by atoms with Gasteiger partial charge in [0.15, 0.2) is 11.5 Å². The van der Waals surface area contributed by atoms with E-state index in [1.807, 2.05) is 5.32 Å². The molecule has 0 spiro atoms. The molecule has 0 aliphatic carbocycles. The summed E-state index contributed by atoms with van der Waals surface area (Å²) >= 11 is 0. The highest BCUT2D eigenvalue weighted by atomic mass is 19.4. The Morgan fingerprint density at radius 1 is 1.20 bits per heavy atom. The van der Waals surface area contributed by atoms with E-state index in [0.29, 0.717) is 0 Å². The summed E-state index contributed by atoms with van der Waals surface area (Å²) in [7, 11) is 2.55. The van der Waals surface area contributed by atoms with Gasteiger partial charge in [-0.05, 0) is 24.3 Å². The molecule has 0 saturated heterocycles. The van der Waals surface area contributed by atoms with E-state index in [-0.39, 0.29) is 17.1 Å². The maximum absolute atomic E-state index is 13.1. The molecule has 2 rings (SSSR count). The van der Waals surface area contributed by atoms with E-state index in [1.165, 1.54) is 32.4 Å². The second-order valence-electron chi connectivity index (χ2n) is 5.69. The number of anilines is 1. The molecule has 0 aromatic heterocycles. The maximum Gasteiger partial charge on any atom is 0.418 e. The first-order chi connectivity index (χ1) is 14.1. The van der Waals surface area contributed by atoms with Gasteiger partial charge in [0.2, 0.25) is 0 Å². The van der Waals surface area contributed by atoms with Crippen LogP contribution in [0.1, 0.15) is 11.1 Å². The standard InChI is InChI=1S/C19H14F3N3O5/c1-29-16-8-11(15(25(27)28)9-17(16)30-2)7-12(10-23)18(26)24-14-6-4-3-5-13(14)19(20,21)22/h3-9H,1-2H3,(H,24,26)/b12-7-. The van der Waals surface area contributed by atoms with Crippen LogP contribution in [0.25, 0.3) is 6.08 Å². The summed E-state index contributed by atoms with van der Waals surface area (Å²) in [6.07, 6.45) is -3.85. The van der Waals surface area contributed by atoms with Crippen LogP contribution in [-0.4, -0.2) is 25.1 Å². The highest BCUT2D eigenvalue weighted by Crippen LogP contribution is 2.36. The van der Waals surface area contributed by atoms with Gasteiger partial charge < -0.3 is 14.8 Å². The number of nitro groups is 1. The van der Waals surface area contributed by atoms with Crippen LogP contribution in [0, 0.1) is 21.4 Å². The first-order valence-corrected chi connectivity index (χ1v) is 8.12. The number of carbonyl (C=O) groups is 1. The zero-order chi connectivity index (χ0) is 22.5. The monoisotopic (exact) mass is 421 g/mol. The second kappa shape index (κ2) is 8.95. The molecule has 1 amide bonds. The molecular formula is C19H14F3N3O5. The van der Waals surface area contributed by atoms with E-state index in [1.54, 1.807) is 0 Å². The molecule has 30 heavy (non-hydrogen) atoms. The van der Waals surface area contributed by atoms with E-state index in [9.17, 15) is 33.3 Å². The molecule has 0 bridgehead atoms. The van der Waals surface area contributed by atoms with Crippen molar-refractivity contribution in [2.75, 3.05) is 19.5 Å². The maximum atomic E-state index is 13.1. The van der Waals surface area contributed by atoms with Crippen LogP contribution in [-0.2, 0) is 11.0 Å². The fourth-order valence-electron chi connectivity index (χ4n) is 2.49. The number of nitriles is 1. The fourth-order valence-corrected chi connectivity index (χ4v) is 2.49. The molecule has 0 heterocycles. The Morgan fingerprint density at radius 3 is 2.33 bits per heavy atom. The second-order valence-corrected chi connectivity index (χ2v) is 5.69. The number of ether oxygens (including phenoxy) is 2. The molecule has 2 aromatic carbocycles. The summed E-state index contributed by atoms with van der Waals surface area (Å²) < 4.78 is 49.3. The summed E-state index contributed by atoms with van der Waals surface area (Å²) in [6.45, 7) is 0. The Hall–Kier alpha value is -4.07. The third kappa shape index (κ3) is 4.85. The first-order valence-electron chi connectivity index (χ1n) is 8.12. The van der Waals surface area contributed by atoms with Crippen molar-refractivity contribution in [3.05, 3.63) is 63.2 Å². The zero-order valence-electron chi connectivity index (χ0n) is 15.6. The molecule has 8 nitrogen and oxygen atoms in total. The largest absolute Gasteiger partial charge is 0.493 e. The van der Waals surface area contributed by atoms with Crippen LogP contribution in [0.2, 0.25) is 0 Å². The van der Waals surface area contributed by atoms with Gasteiger partial charge in [-0.3, -0.25) is 14.9 Å². The van der Waals surface area contributed by atoms with Crippen molar-refractivity contribution >= 4 is 23.4 Å². The van der Waals surface area contributed by atoms with Crippen LogP contribution in [0.15, 0.2) is 42.0 Å². The molecule has 0 radical (unpaired) electrons. The normalized spacial score (nSPS) is 11.4. The first kappa shape index (κ1) is 22.2. The summed E-state index contributed by atoms with van der Waals surface area (Å²) in [4.78, 5) is 23.0. The van der Waals surface area contributed by atoms with E-state index < -0.39 is 39.5 Å². The van der Waals surface area contributed by atoms with Crippen molar-refractivity contribution in [3.63, 3.8) is 0 Å². The lowest BCUT2D eigenvalue weighted by Gasteiger charge is -2.13. The van der Waals surface area contributed by atoms with Crippen LogP contribution in [0.5, 0.6) is 11.5 Å². The van der Waals surface area contributed by atoms with Crippen molar-refractivity contribution in [1.82, 2.24) is 0 Å². The summed E-state index contributed by atoms with van der Waals surface area (Å²) in [5.41, 5.74) is -2.98. The van der Waals surface area contributed by atoms with Gasteiger partial charge in [0.25, 0.3) is 11.6 Å². The number of methoxy groups -OCH3 is 2. The van der Waals surface area contributed by atoms with Gasteiger partial charge in [-0.25, -0.2) is 0 Å². The van der Waals surface area contributed by atoms with Crippen LogP contribution in [0.3, 0.4) is 0 Å². The minimum Gasteiger partial charge on any atom is -0.493 e. The molecule has 1 N–H and O–H groups in total. The molecule has 0 aliphatic rings. The SMILES string of the molecule is COc1cc(/C=C(/C#N)C(=O)Nc2ccccc2C(F)(F)F)c([N+](=O)[O-])cc1OC. The number of nitrogens with one attached hydrogen (secondary N) is 1. The molecule has 156 valence electrons. The molecule has 0 aliphatic heterocycles. The number of para-hydroxylation sites is 1. The molecule has 11 heteroatoms. The van der Waals surface area contributed by atoms with Crippen molar-refractivity contribution in [2.45, 2.75) is 6.18 Å². The van der Waals surface area contributed by atoms with E-state index in [2.05, 4.69) is 0 Å². The van der Waals surface area contributed by atoms with Crippen molar-refractivity contribution in [3.8, 4) is 17.6 Å². The van der Waals surface area contributed by atoms with Gasteiger partial charge in [-0.1, -0.05) is 12.1 Å². The molecule has 0 atom stereocenters. The third-order valence-corrected chi connectivity index (χ3v) is 3.88. The predicted octanol–water partition coefficient (Wildman–Crippen LogP) is 4.18. The molecule has 2 aromatic rings. The van der Waals surface area contributed by atoms with Crippen molar-refractivity contribution in [2.24, 2.45) is 0 Å². The quantitative estimate of drug-likeness (QED) is 0.324. The van der Waals surface area contributed by atoms with Crippen molar-refractivity contribution < 1.29 is 32.4 Å². The number of rotatable bonds is 6. The lowest BCUT2D eigenvalue weighted by molar-refractivity contribution is -0.385. The highest BCUT2D eigenvalue weighted by Gasteiger charge is 2.33. The Balaban J connectivity index is 2.50. The number of alkyl halides is 3. The number of nitro benzene ring substituents is 1. The zero-order valence-corrected chi connectivity index (χ0v) is 15.6. The Kier molecular flexibility index (Phi) is 6.63. The lowest BCUT2D eigenvalue weighted by Crippen LogP contribution is -2.17. The summed E-state index contributed by atoms with van der Waals surface area (Å²) in [5.74, 6) is -1.03. The minimum atomic E-state index is -4.73. The van der Waals surface area contributed by atoms with E-state index in [0.717, 1.165) is 30.3 Å². The van der Waals surface area contributed by atoms with Crippen molar-refractivity contribution in [1.29, 1.82) is 5.26 Å². The average Bonchev–Trinajstić information content (AvgIpc) is 2.70. The van der Waals surface area contributed by atoms with Gasteiger partial charge in [-0.2, -0.15) is 18.4 Å². The number of halogens is 3. The smallest absolute Gasteiger partial charge is 0.418 e. The van der Waals surface area contributed by atoms with Gasteiger partial charge >= 0.3 is 6.18 Å². The van der Waals surface area contributed by atoms with Gasteiger partial charge in [0.1, 0.15) is 11.6 Å². The van der Waals surface area contributed by atoms with Crippen LogP contribution in [0.4, 0.5) is 24.5 Å². The number of hydrogen-bond donors (Lipinski definition) is 1. The Bertz CT molecular complexity index is 1060. The topological polar surface area (TPSA) is 114 Å². The molecule has 0 saturated carbocycles. The predicted molar refractivity (Wildman–Crippen MR) is 99.9 cm³/mol. The van der Waals surface area contributed by atoms with Gasteiger partial charge in [-0.15, -0.1) is 0 Å². The molecule has 0 unspecified atom stereocenters. The summed E-state index contributed by atoms with van der Waals surface area (Å²) in [5, 5.41) is 22.7. The van der Waals surface area contributed by atoms with Crippen LogP contribution >= 0.6 is 0 Å². The minimum absolute atomic E-state index is 0.0448. The Labute approximate surface area is 168 Å². The van der Waals surface area contributed by atoms with Crippen LogP contribution < -0.4 is 14.8 Å². The van der Waals surface area contributed by atoms with E-state index in [4.69, 9.17) is 9.47 Å². The van der Waals surface area contributed by atoms with Gasteiger partial charge in [0, 0.05) is 0 Å². The van der Waals surface area contributed by atoms with Gasteiger partial charge in [0.05, 0.1) is 42.0 Å². The number of nitrogens with zero attached hydrogens (tertiary/aromatic N) is 2. The Morgan fingerprint density at radius 2 is 1.80 bits per heavy atom. The number of amides is 1. The number of hydrogen-bond acceptors (Lipinski definition) is 6. The number of carbonyl (C=O) groups excluding carboxylic acids is 1. The summed E-state index contributed by atoms with van der Waals surface area (Å²) in [6, 6.07) is 7.96. The fraction of sp³-hybridized carbons (Fsp3) is 0.158.